The number of amides is 1. The van der Waals surface area contributed by atoms with Gasteiger partial charge in [-0.2, -0.15) is 13.2 Å². The third-order valence-electron chi connectivity index (χ3n) is 5.97. The predicted molar refractivity (Wildman–Crippen MR) is 136 cm³/mol. The molecule has 8 nitrogen and oxygen atoms in total. The SMILES string of the molecule is N=Cc1cc(-c2ccc(OCC(=O)Nc3ccc(CN4CCNCC4)c(C(F)(F)F)c3)cc2)cnc1N. The molecule has 11 heteroatoms. The molecule has 5 N–H and O–H groups in total. The van der Waals surface area contributed by atoms with Crippen molar-refractivity contribution in [2.45, 2.75) is 12.7 Å². The molecule has 0 spiro atoms. The van der Waals surface area contributed by atoms with Crippen molar-refractivity contribution in [2.24, 2.45) is 0 Å². The number of nitrogens with one attached hydrogen (secondary N) is 3. The van der Waals surface area contributed by atoms with Crippen molar-refractivity contribution in [1.82, 2.24) is 15.2 Å². The van der Waals surface area contributed by atoms with Gasteiger partial charge in [0, 0.05) is 61.9 Å². The summed E-state index contributed by atoms with van der Waals surface area (Å²) in [7, 11) is 0. The molecule has 2 heterocycles. The molecule has 1 fully saturated rings. The van der Waals surface area contributed by atoms with Gasteiger partial charge in [0.2, 0.25) is 0 Å². The summed E-state index contributed by atoms with van der Waals surface area (Å²) in [5.41, 5.74) is 7.26. The zero-order valence-electron chi connectivity index (χ0n) is 19.9. The van der Waals surface area contributed by atoms with Gasteiger partial charge in [-0.1, -0.05) is 18.2 Å². The highest BCUT2D eigenvalue weighted by Gasteiger charge is 2.34. The van der Waals surface area contributed by atoms with E-state index in [0.29, 0.717) is 24.4 Å². The largest absolute Gasteiger partial charge is 0.484 e. The summed E-state index contributed by atoms with van der Waals surface area (Å²) < 4.78 is 46.6. The molecule has 3 aromatic rings. The van der Waals surface area contributed by atoms with E-state index in [0.717, 1.165) is 36.5 Å². The lowest BCUT2D eigenvalue weighted by atomic mass is 10.0. The number of carbonyl (C=O) groups is 1. The number of pyridine rings is 1. The summed E-state index contributed by atoms with van der Waals surface area (Å²) in [5, 5.41) is 13.1. The molecule has 1 aliphatic heterocycles. The number of carbonyl (C=O) groups excluding carboxylic acids is 1. The summed E-state index contributed by atoms with van der Waals surface area (Å²) in [6.07, 6.45) is -1.82. The van der Waals surface area contributed by atoms with Crippen LogP contribution in [0.25, 0.3) is 11.1 Å². The Morgan fingerprint density at radius 3 is 2.54 bits per heavy atom. The van der Waals surface area contributed by atoms with E-state index in [-0.39, 0.29) is 30.2 Å². The molecule has 1 aliphatic rings. The lowest BCUT2D eigenvalue weighted by Gasteiger charge is -2.28. The molecule has 0 unspecified atom stereocenters. The fourth-order valence-electron chi connectivity index (χ4n) is 4.02. The van der Waals surface area contributed by atoms with Crippen molar-refractivity contribution in [3.05, 3.63) is 71.4 Å². The van der Waals surface area contributed by atoms with Gasteiger partial charge in [-0.3, -0.25) is 9.69 Å². The third kappa shape index (κ3) is 6.83. The van der Waals surface area contributed by atoms with E-state index >= 15 is 0 Å². The lowest BCUT2D eigenvalue weighted by Crippen LogP contribution is -2.43. The number of nitrogens with zero attached hydrogens (tertiary/aromatic N) is 2. The molecule has 4 rings (SSSR count). The first kappa shape index (κ1) is 26.1. The second-order valence-electron chi connectivity index (χ2n) is 8.60. The quantitative estimate of drug-likeness (QED) is 0.342. The molecule has 0 saturated carbocycles. The fraction of sp³-hybridized carbons (Fsp3) is 0.269. The molecular formula is C26H27F3N6O2. The lowest BCUT2D eigenvalue weighted by molar-refractivity contribution is -0.138. The van der Waals surface area contributed by atoms with Crippen molar-refractivity contribution in [1.29, 1.82) is 5.41 Å². The van der Waals surface area contributed by atoms with Crippen molar-refractivity contribution in [2.75, 3.05) is 43.8 Å². The van der Waals surface area contributed by atoms with E-state index in [1.165, 1.54) is 12.1 Å². The molecule has 37 heavy (non-hydrogen) atoms. The zero-order valence-corrected chi connectivity index (χ0v) is 19.9. The van der Waals surface area contributed by atoms with Crippen LogP contribution in [-0.4, -0.2) is 54.8 Å². The minimum absolute atomic E-state index is 0.0539. The first-order chi connectivity index (χ1) is 17.7. The smallest absolute Gasteiger partial charge is 0.416 e. The van der Waals surface area contributed by atoms with Gasteiger partial charge in [0.15, 0.2) is 6.61 Å². The van der Waals surface area contributed by atoms with Gasteiger partial charge in [0.1, 0.15) is 11.6 Å². The third-order valence-corrected chi connectivity index (χ3v) is 5.97. The molecular weight excluding hydrogens is 485 g/mol. The Morgan fingerprint density at radius 1 is 1.14 bits per heavy atom. The van der Waals surface area contributed by atoms with E-state index in [1.54, 1.807) is 36.5 Å². The van der Waals surface area contributed by atoms with Crippen LogP contribution < -0.4 is 21.1 Å². The summed E-state index contributed by atoms with van der Waals surface area (Å²) in [6, 6.07) is 12.4. The zero-order chi connectivity index (χ0) is 26.4. The Morgan fingerprint density at radius 2 is 1.86 bits per heavy atom. The van der Waals surface area contributed by atoms with Crippen molar-refractivity contribution in [3.8, 4) is 16.9 Å². The van der Waals surface area contributed by atoms with Crippen LogP contribution in [0, 0.1) is 5.41 Å². The van der Waals surface area contributed by atoms with Crippen molar-refractivity contribution < 1.29 is 22.7 Å². The molecule has 0 atom stereocenters. The molecule has 0 aliphatic carbocycles. The first-order valence-electron chi connectivity index (χ1n) is 11.7. The van der Waals surface area contributed by atoms with Gasteiger partial charge in [-0.15, -0.1) is 0 Å². The van der Waals surface area contributed by atoms with Crippen LogP contribution in [0.1, 0.15) is 16.7 Å². The number of benzene rings is 2. The number of hydrogen-bond donors (Lipinski definition) is 4. The Bertz CT molecular complexity index is 1260. The monoisotopic (exact) mass is 512 g/mol. The van der Waals surface area contributed by atoms with Crippen LogP contribution in [-0.2, 0) is 17.5 Å². The normalized spacial score (nSPS) is 14.2. The number of rotatable bonds is 8. The molecule has 194 valence electrons. The second-order valence-corrected chi connectivity index (χ2v) is 8.60. The Kier molecular flexibility index (Phi) is 8.04. The first-order valence-corrected chi connectivity index (χ1v) is 11.7. The van der Waals surface area contributed by atoms with E-state index in [1.807, 2.05) is 4.90 Å². The van der Waals surface area contributed by atoms with E-state index < -0.39 is 17.6 Å². The van der Waals surface area contributed by atoms with Crippen LogP contribution in [0.3, 0.4) is 0 Å². The van der Waals surface area contributed by atoms with E-state index in [4.69, 9.17) is 15.9 Å². The van der Waals surface area contributed by atoms with Gasteiger partial charge in [0.25, 0.3) is 5.91 Å². The van der Waals surface area contributed by atoms with Gasteiger partial charge in [-0.25, -0.2) is 4.98 Å². The number of aromatic nitrogens is 1. The number of alkyl halides is 3. The molecule has 2 aromatic carbocycles. The number of hydrogen-bond acceptors (Lipinski definition) is 7. The van der Waals surface area contributed by atoms with E-state index in [9.17, 15) is 18.0 Å². The minimum atomic E-state index is -4.54. The molecule has 1 amide bonds. The number of halogens is 3. The Hall–Kier alpha value is -3.96. The van der Waals surface area contributed by atoms with Gasteiger partial charge >= 0.3 is 6.18 Å². The highest BCUT2D eigenvalue weighted by Crippen LogP contribution is 2.34. The highest BCUT2D eigenvalue weighted by molar-refractivity contribution is 5.92. The Labute approximate surface area is 212 Å². The number of piperazine rings is 1. The maximum atomic E-state index is 13.7. The number of anilines is 2. The fourth-order valence-corrected chi connectivity index (χ4v) is 4.02. The van der Waals surface area contributed by atoms with Gasteiger partial charge in [-0.05, 0) is 41.5 Å². The molecule has 0 radical (unpaired) electrons. The van der Waals surface area contributed by atoms with Crippen LogP contribution in [0.5, 0.6) is 5.75 Å². The van der Waals surface area contributed by atoms with Crippen LogP contribution in [0.15, 0.2) is 54.7 Å². The molecule has 0 bridgehead atoms. The van der Waals surface area contributed by atoms with Crippen LogP contribution in [0.4, 0.5) is 24.7 Å². The number of nitrogens with two attached hydrogens (primary N) is 1. The molecule has 1 saturated heterocycles. The average molecular weight is 513 g/mol. The molecule has 1 aromatic heterocycles. The minimum Gasteiger partial charge on any atom is -0.484 e. The standard InChI is InChI=1S/C26H27F3N6O2/c27-26(28,29)23-12-21(4-1-18(23)15-35-9-7-32-8-10-35)34-24(36)16-37-22-5-2-17(3-6-22)20-11-19(13-30)25(31)33-14-20/h1-6,11-14,30,32H,7-10,15-16H2,(H2,31,33)(H,34,36). The highest BCUT2D eigenvalue weighted by atomic mass is 19.4. The van der Waals surface area contributed by atoms with Gasteiger partial charge < -0.3 is 26.5 Å². The topological polar surface area (TPSA) is 116 Å². The summed E-state index contributed by atoms with van der Waals surface area (Å²) in [5.74, 6) is 0.101. The van der Waals surface area contributed by atoms with E-state index in [2.05, 4.69) is 15.6 Å². The summed E-state index contributed by atoms with van der Waals surface area (Å²) >= 11 is 0. The maximum Gasteiger partial charge on any atom is 0.416 e. The van der Waals surface area contributed by atoms with Crippen LogP contribution in [0.2, 0.25) is 0 Å². The number of nitrogen functional groups attached to an aromatic ring is 1. The maximum absolute atomic E-state index is 13.7. The van der Waals surface area contributed by atoms with Gasteiger partial charge in [0.05, 0.1) is 5.56 Å². The predicted octanol–water partition coefficient (Wildman–Crippen LogP) is 3.77. The van der Waals surface area contributed by atoms with Crippen molar-refractivity contribution >= 4 is 23.6 Å². The second kappa shape index (κ2) is 11.4. The van der Waals surface area contributed by atoms with Crippen LogP contribution >= 0.6 is 0 Å². The summed E-state index contributed by atoms with van der Waals surface area (Å²) in [4.78, 5) is 18.4. The Balaban J connectivity index is 1.37. The summed E-state index contributed by atoms with van der Waals surface area (Å²) in [6.45, 7) is 2.65. The number of ether oxygens (including phenoxy) is 1. The van der Waals surface area contributed by atoms with Crippen molar-refractivity contribution in [3.63, 3.8) is 0 Å². The average Bonchev–Trinajstić information content (AvgIpc) is 2.89.